The molecule has 0 aliphatic rings. The quantitative estimate of drug-likeness (QED) is 0.0222. The summed E-state index contributed by atoms with van der Waals surface area (Å²) in [6.45, 7) is 9.71. The van der Waals surface area contributed by atoms with Crippen LogP contribution in [0.1, 0.15) is 427 Å². The van der Waals surface area contributed by atoms with Crippen molar-refractivity contribution >= 4 is 39.5 Å². The second kappa shape index (κ2) is 72.6. The van der Waals surface area contributed by atoms with E-state index in [9.17, 15) is 43.2 Å². The molecule has 0 aromatic carbocycles. The maximum Gasteiger partial charge on any atom is 0.472 e. The maximum atomic E-state index is 13.1. The number of rotatable bonds is 80. The average Bonchev–Trinajstić information content (AvgIpc) is 0.924. The molecule has 0 aromatic rings. The first-order chi connectivity index (χ1) is 48.4. The van der Waals surface area contributed by atoms with Gasteiger partial charge in [0.1, 0.15) is 19.3 Å². The number of phosphoric acid groups is 2. The van der Waals surface area contributed by atoms with Crippen LogP contribution >= 0.6 is 15.6 Å². The van der Waals surface area contributed by atoms with Crippen LogP contribution in [-0.4, -0.2) is 96.7 Å². The van der Waals surface area contributed by atoms with Crippen molar-refractivity contribution in [1.29, 1.82) is 0 Å². The van der Waals surface area contributed by atoms with Gasteiger partial charge in [0.05, 0.1) is 26.4 Å². The highest BCUT2D eigenvalue weighted by Gasteiger charge is 2.30. The molecule has 0 aliphatic carbocycles. The molecule has 0 heterocycles. The molecular weight excluding hydrogens is 1310 g/mol. The van der Waals surface area contributed by atoms with Gasteiger partial charge in [0.15, 0.2) is 12.2 Å². The first-order valence-corrected chi connectivity index (χ1v) is 45.0. The number of aliphatic hydroxyl groups excluding tert-OH is 1. The lowest BCUT2D eigenvalue weighted by atomic mass is 9.99. The molecule has 594 valence electrons. The van der Waals surface area contributed by atoms with Gasteiger partial charge in [-0.15, -0.1) is 0 Å². The number of hydrogen-bond acceptors (Lipinski definition) is 15. The number of esters is 4. The summed E-state index contributed by atoms with van der Waals surface area (Å²) < 4.78 is 68.6. The van der Waals surface area contributed by atoms with E-state index in [1.54, 1.807) is 0 Å². The van der Waals surface area contributed by atoms with Gasteiger partial charge in [0.2, 0.25) is 0 Å². The van der Waals surface area contributed by atoms with Gasteiger partial charge in [-0.3, -0.25) is 37.3 Å². The third-order valence-corrected chi connectivity index (χ3v) is 21.2. The van der Waals surface area contributed by atoms with Crippen molar-refractivity contribution < 1.29 is 80.2 Å². The summed E-state index contributed by atoms with van der Waals surface area (Å²) in [6.07, 6.45) is 62.4. The molecule has 19 heteroatoms. The van der Waals surface area contributed by atoms with Crippen molar-refractivity contribution in [2.75, 3.05) is 39.6 Å². The zero-order valence-electron chi connectivity index (χ0n) is 65.5. The van der Waals surface area contributed by atoms with Crippen LogP contribution in [0.25, 0.3) is 0 Å². The summed E-state index contributed by atoms with van der Waals surface area (Å²) in [5.74, 6) is -0.438. The molecule has 17 nitrogen and oxygen atoms in total. The number of carbonyl (C=O) groups excluding carboxylic acids is 4. The first-order valence-electron chi connectivity index (χ1n) is 42.0. The SMILES string of the molecule is CCCCCCCCCCCCCC(=O)O[C@H](COC(=O)CCCCCCCCCCCC)COP(=O)(O)OC[C@H](O)COP(=O)(O)OC[C@@H](COC(=O)CCCCCCCCCCCCCCCCC(C)C)OC(=O)CCCCCCCCCCCCCCCCCCCCC(C)CC. The fourth-order valence-electron chi connectivity index (χ4n) is 12.5. The summed E-state index contributed by atoms with van der Waals surface area (Å²) in [7, 11) is -9.91. The number of ether oxygens (including phenoxy) is 4. The van der Waals surface area contributed by atoms with Gasteiger partial charge in [0.25, 0.3) is 0 Å². The van der Waals surface area contributed by atoms with Gasteiger partial charge in [-0.05, 0) is 37.5 Å². The average molecular weight is 1470 g/mol. The first kappa shape index (κ1) is 98.1. The minimum absolute atomic E-state index is 0.107. The molecule has 0 aliphatic heterocycles. The lowest BCUT2D eigenvalue weighted by Crippen LogP contribution is -2.30. The summed E-state index contributed by atoms with van der Waals surface area (Å²) in [6, 6.07) is 0. The van der Waals surface area contributed by atoms with E-state index in [-0.39, 0.29) is 25.7 Å². The molecule has 6 atom stereocenters. The number of aliphatic hydroxyl groups is 1. The third kappa shape index (κ3) is 73.0. The van der Waals surface area contributed by atoms with E-state index in [1.165, 1.54) is 244 Å². The predicted molar refractivity (Wildman–Crippen MR) is 409 cm³/mol. The van der Waals surface area contributed by atoms with E-state index in [4.69, 9.17) is 37.0 Å². The molecule has 0 radical (unpaired) electrons. The van der Waals surface area contributed by atoms with Gasteiger partial charge in [-0.25, -0.2) is 9.13 Å². The van der Waals surface area contributed by atoms with Gasteiger partial charge >= 0.3 is 39.5 Å². The Hall–Kier alpha value is -1.94. The Bertz CT molecular complexity index is 1930. The molecule has 0 saturated carbocycles. The van der Waals surface area contributed by atoms with Crippen molar-refractivity contribution in [2.24, 2.45) is 11.8 Å². The molecule has 0 saturated heterocycles. The molecule has 3 unspecified atom stereocenters. The van der Waals surface area contributed by atoms with Crippen molar-refractivity contribution in [1.82, 2.24) is 0 Å². The van der Waals surface area contributed by atoms with Crippen molar-refractivity contribution in [2.45, 2.75) is 445 Å². The minimum Gasteiger partial charge on any atom is -0.462 e. The second-order valence-electron chi connectivity index (χ2n) is 29.9. The van der Waals surface area contributed by atoms with Crippen molar-refractivity contribution in [3.05, 3.63) is 0 Å². The molecule has 0 rings (SSSR count). The molecule has 0 amide bonds. The van der Waals surface area contributed by atoms with Crippen LogP contribution in [-0.2, 0) is 65.4 Å². The van der Waals surface area contributed by atoms with E-state index in [0.717, 1.165) is 102 Å². The van der Waals surface area contributed by atoms with Gasteiger partial charge in [0, 0.05) is 25.7 Å². The maximum absolute atomic E-state index is 13.1. The molecule has 0 aromatic heterocycles. The topological polar surface area (TPSA) is 237 Å². The summed E-state index contributed by atoms with van der Waals surface area (Å²) in [4.78, 5) is 72.9. The Morgan fingerprint density at radius 3 is 0.760 bits per heavy atom. The Balaban J connectivity index is 5.20. The van der Waals surface area contributed by atoms with Crippen molar-refractivity contribution in [3.8, 4) is 0 Å². The normalized spacial score (nSPS) is 14.2. The van der Waals surface area contributed by atoms with Gasteiger partial charge < -0.3 is 33.8 Å². The monoisotopic (exact) mass is 1470 g/mol. The molecular formula is C81H158O17P2. The molecule has 0 bridgehead atoms. The van der Waals surface area contributed by atoms with E-state index in [1.807, 2.05) is 0 Å². The highest BCUT2D eigenvalue weighted by Crippen LogP contribution is 2.45. The third-order valence-electron chi connectivity index (χ3n) is 19.3. The van der Waals surface area contributed by atoms with Crippen LogP contribution in [0.5, 0.6) is 0 Å². The summed E-state index contributed by atoms with van der Waals surface area (Å²) >= 11 is 0. The van der Waals surface area contributed by atoms with Crippen LogP contribution in [0, 0.1) is 11.8 Å². The zero-order valence-corrected chi connectivity index (χ0v) is 67.3. The summed E-state index contributed by atoms with van der Waals surface area (Å²) in [5.41, 5.74) is 0. The van der Waals surface area contributed by atoms with Gasteiger partial charge in [-0.1, -0.05) is 375 Å². The largest absolute Gasteiger partial charge is 0.472 e. The Morgan fingerprint density at radius 1 is 0.290 bits per heavy atom. The molecule has 0 spiro atoms. The number of phosphoric ester groups is 2. The van der Waals surface area contributed by atoms with E-state index in [2.05, 4.69) is 41.5 Å². The fourth-order valence-corrected chi connectivity index (χ4v) is 14.1. The lowest BCUT2D eigenvalue weighted by molar-refractivity contribution is -0.161. The molecule has 0 fully saturated rings. The number of hydrogen-bond donors (Lipinski definition) is 3. The Kier molecular flexibility index (Phi) is 71.2. The molecule has 100 heavy (non-hydrogen) atoms. The van der Waals surface area contributed by atoms with Crippen LogP contribution < -0.4 is 0 Å². The zero-order chi connectivity index (χ0) is 73.5. The smallest absolute Gasteiger partial charge is 0.462 e. The van der Waals surface area contributed by atoms with E-state index < -0.39 is 97.5 Å². The summed E-state index contributed by atoms with van der Waals surface area (Å²) in [5, 5.41) is 10.6. The lowest BCUT2D eigenvalue weighted by Gasteiger charge is -2.21. The second-order valence-corrected chi connectivity index (χ2v) is 32.8. The number of carbonyl (C=O) groups is 4. The highest BCUT2D eigenvalue weighted by atomic mass is 31.2. The Morgan fingerprint density at radius 2 is 0.510 bits per heavy atom. The van der Waals surface area contributed by atoms with E-state index in [0.29, 0.717) is 25.7 Å². The van der Waals surface area contributed by atoms with Crippen LogP contribution in [0.3, 0.4) is 0 Å². The predicted octanol–water partition coefficient (Wildman–Crippen LogP) is 24.3. The van der Waals surface area contributed by atoms with E-state index >= 15 is 0 Å². The molecule has 3 N–H and O–H groups in total. The van der Waals surface area contributed by atoms with Crippen LogP contribution in [0.15, 0.2) is 0 Å². The highest BCUT2D eigenvalue weighted by molar-refractivity contribution is 7.47. The standard InChI is InChI=1S/C81H158O17P2/c1-7-10-12-14-16-18-32-41-47-53-59-65-80(85)97-76(69-91-78(83)63-57-51-45-39-19-17-15-13-11-8-2)71-95-99(87,88)93-67-75(82)68-94-100(89,90)96-72-77(70-92-79(84)64-58-52-46-40-35-30-27-26-28-33-37-43-49-55-61-73(4)5)98-81(86)66-60-54-48-42-36-31-25-23-21-20-22-24-29-34-38-44-50-56-62-74(6)9-3/h73-77,82H,7-72H2,1-6H3,(H,87,88)(H,89,90)/t74?,75-,76+,77+/m0/s1. The van der Waals surface area contributed by atoms with Gasteiger partial charge in [-0.2, -0.15) is 0 Å². The van der Waals surface area contributed by atoms with Crippen molar-refractivity contribution in [3.63, 3.8) is 0 Å². The number of unbranched alkanes of at least 4 members (excludes halogenated alkanes) is 49. The Labute approximate surface area is 613 Å². The minimum atomic E-state index is -4.96. The van der Waals surface area contributed by atoms with Crippen LogP contribution in [0.4, 0.5) is 0 Å². The van der Waals surface area contributed by atoms with Crippen LogP contribution in [0.2, 0.25) is 0 Å². The fraction of sp³-hybridized carbons (Fsp3) is 0.951.